The Morgan fingerprint density at radius 3 is 2.76 bits per heavy atom. The lowest BCUT2D eigenvalue weighted by Gasteiger charge is -2.29. The van der Waals surface area contributed by atoms with E-state index < -0.39 is 0 Å². The van der Waals surface area contributed by atoms with E-state index in [0.717, 1.165) is 54.5 Å². The Kier molecular flexibility index (Phi) is 9.58. The summed E-state index contributed by atoms with van der Waals surface area (Å²) in [6, 6.07) is 10.6. The van der Waals surface area contributed by atoms with Gasteiger partial charge in [0.25, 0.3) is 0 Å². The Labute approximate surface area is 201 Å². The van der Waals surface area contributed by atoms with Crippen LogP contribution < -0.4 is 5.32 Å². The highest BCUT2D eigenvalue weighted by Gasteiger charge is 2.22. The lowest BCUT2D eigenvalue weighted by molar-refractivity contribution is 0.341. The van der Waals surface area contributed by atoms with Gasteiger partial charge in [-0.1, -0.05) is 55.5 Å². The van der Waals surface area contributed by atoms with Crippen LogP contribution in [0.2, 0.25) is 0 Å². The number of aromatic nitrogens is 1. The third kappa shape index (κ3) is 7.47. The lowest BCUT2D eigenvalue weighted by atomic mass is 9.98. The van der Waals surface area contributed by atoms with Crippen LogP contribution in [0.25, 0.3) is 0 Å². The summed E-state index contributed by atoms with van der Waals surface area (Å²) in [4.78, 5) is 8.00. The molecule has 0 fully saturated rings. The highest BCUT2D eigenvalue weighted by Crippen LogP contribution is 2.24. The Morgan fingerprint density at radius 2 is 2.03 bits per heavy atom. The van der Waals surface area contributed by atoms with Crippen LogP contribution in [0.15, 0.2) is 66.5 Å². The summed E-state index contributed by atoms with van der Waals surface area (Å²) in [6.45, 7) is 8.59. The number of nitrogens with zero attached hydrogens (tertiary/aromatic N) is 2. The van der Waals surface area contributed by atoms with Gasteiger partial charge < -0.3 is 10.2 Å². The predicted molar refractivity (Wildman–Crippen MR) is 138 cm³/mol. The number of allylic oxidation sites excluding steroid dienone is 6. The SMILES string of the molecule is CCN[C@@H](CCC1C=CC=C(F)C=C1)CN(CC)C(=N)c1nc(C)sc1Cc1ccccc1. The Hall–Kier alpha value is -2.57. The first kappa shape index (κ1) is 25.1. The van der Waals surface area contributed by atoms with Crippen molar-refractivity contribution >= 4 is 17.2 Å². The van der Waals surface area contributed by atoms with Gasteiger partial charge in [0, 0.05) is 30.4 Å². The quantitative estimate of drug-likeness (QED) is 0.313. The molecule has 0 saturated carbocycles. The van der Waals surface area contributed by atoms with Crippen molar-refractivity contribution in [1.29, 1.82) is 5.41 Å². The highest BCUT2D eigenvalue weighted by atomic mass is 32.1. The molecule has 1 aliphatic rings. The first-order valence-electron chi connectivity index (χ1n) is 11.8. The van der Waals surface area contributed by atoms with Crippen molar-refractivity contribution in [3.05, 3.63) is 87.7 Å². The van der Waals surface area contributed by atoms with E-state index in [-0.39, 0.29) is 17.8 Å². The number of nitrogens with one attached hydrogen (secondary N) is 2. The summed E-state index contributed by atoms with van der Waals surface area (Å²) in [5.74, 6) is 0.521. The Balaban J connectivity index is 1.68. The zero-order valence-electron chi connectivity index (χ0n) is 19.9. The average Bonchev–Trinajstić information content (AvgIpc) is 3.04. The molecule has 1 aliphatic carbocycles. The third-order valence-corrected chi connectivity index (χ3v) is 6.80. The molecule has 3 rings (SSSR count). The van der Waals surface area contributed by atoms with Crippen molar-refractivity contribution in [2.75, 3.05) is 19.6 Å². The second-order valence-electron chi connectivity index (χ2n) is 8.35. The molecule has 6 heteroatoms. The molecule has 4 nitrogen and oxygen atoms in total. The fourth-order valence-corrected chi connectivity index (χ4v) is 5.08. The fraction of sp³-hybridized carbons (Fsp3) is 0.407. The van der Waals surface area contributed by atoms with E-state index in [4.69, 9.17) is 10.4 Å². The zero-order valence-corrected chi connectivity index (χ0v) is 20.7. The second-order valence-corrected chi connectivity index (χ2v) is 9.63. The van der Waals surface area contributed by atoms with Crippen LogP contribution in [-0.2, 0) is 6.42 Å². The Bertz CT molecular complexity index is 993. The molecule has 0 saturated heterocycles. The fourth-order valence-electron chi connectivity index (χ4n) is 4.11. The van der Waals surface area contributed by atoms with Gasteiger partial charge in [-0.05, 0) is 56.9 Å². The molecule has 1 heterocycles. The standard InChI is InChI=1S/C27H35FN4S/c1-4-30-24(17-15-21-12-9-13-23(28)16-14-21)19-32(5-2)27(29)26-25(33-20(3)31-26)18-22-10-7-6-8-11-22/h6-14,16,21,24,29-30H,4-5,15,17-19H2,1-3H3/t21?,24-/m0/s1. The van der Waals surface area contributed by atoms with Gasteiger partial charge in [-0.2, -0.15) is 0 Å². The summed E-state index contributed by atoms with van der Waals surface area (Å²) in [6.07, 6.45) is 11.5. The molecule has 1 aromatic carbocycles. The molecule has 0 aliphatic heterocycles. The topological polar surface area (TPSA) is 52.0 Å². The van der Waals surface area contributed by atoms with Crippen LogP contribution in [0.3, 0.4) is 0 Å². The van der Waals surface area contributed by atoms with Crippen LogP contribution in [0.4, 0.5) is 4.39 Å². The molecule has 1 aromatic heterocycles. The number of thiazole rings is 1. The monoisotopic (exact) mass is 466 g/mol. The number of halogens is 1. The van der Waals surface area contributed by atoms with Crippen molar-refractivity contribution in [2.45, 2.75) is 46.1 Å². The van der Waals surface area contributed by atoms with Crippen molar-refractivity contribution < 1.29 is 4.39 Å². The van der Waals surface area contributed by atoms with Gasteiger partial charge in [0.2, 0.25) is 0 Å². The minimum Gasteiger partial charge on any atom is -0.354 e. The molecule has 0 bridgehead atoms. The van der Waals surface area contributed by atoms with Gasteiger partial charge in [-0.3, -0.25) is 5.41 Å². The molecular formula is C27H35FN4S. The minimum atomic E-state index is -0.201. The molecule has 0 spiro atoms. The van der Waals surface area contributed by atoms with Crippen molar-refractivity contribution in [3.8, 4) is 0 Å². The molecule has 2 N–H and O–H groups in total. The first-order valence-corrected chi connectivity index (χ1v) is 12.6. The largest absolute Gasteiger partial charge is 0.354 e. The van der Waals surface area contributed by atoms with E-state index in [1.807, 2.05) is 19.1 Å². The smallest absolute Gasteiger partial charge is 0.148 e. The maximum Gasteiger partial charge on any atom is 0.148 e. The lowest BCUT2D eigenvalue weighted by Crippen LogP contribution is -2.44. The predicted octanol–water partition coefficient (Wildman–Crippen LogP) is 6.04. The van der Waals surface area contributed by atoms with Gasteiger partial charge >= 0.3 is 0 Å². The number of benzene rings is 1. The van der Waals surface area contributed by atoms with Gasteiger partial charge in [0.05, 0.1) is 5.01 Å². The molecule has 2 atom stereocenters. The summed E-state index contributed by atoms with van der Waals surface area (Å²) >= 11 is 1.68. The first-order chi connectivity index (χ1) is 16.0. The van der Waals surface area contributed by atoms with Gasteiger partial charge in [0.1, 0.15) is 17.4 Å². The van der Waals surface area contributed by atoms with Gasteiger partial charge in [-0.15, -0.1) is 11.3 Å². The van der Waals surface area contributed by atoms with E-state index in [1.165, 1.54) is 11.6 Å². The second kappa shape index (κ2) is 12.6. The number of amidine groups is 1. The van der Waals surface area contributed by atoms with Crippen molar-refractivity contribution in [3.63, 3.8) is 0 Å². The third-order valence-electron chi connectivity index (χ3n) is 5.83. The van der Waals surface area contributed by atoms with Crippen LogP contribution in [0.1, 0.15) is 47.8 Å². The van der Waals surface area contributed by atoms with Gasteiger partial charge in [0.15, 0.2) is 0 Å². The Morgan fingerprint density at radius 1 is 1.24 bits per heavy atom. The van der Waals surface area contributed by atoms with Crippen LogP contribution >= 0.6 is 11.3 Å². The molecule has 176 valence electrons. The van der Waals surface area contributed by atoms with E-state index >= 15 is 0 Å². The van der Waals surface area contributed by atoms with E-state index in [1.54, 1.807) is 23.5 Å². The molecule has 1 unspecified atom stereocenters. The van der Waals surface area contributed by atoms with Crippen molar-refractivity contribution in [2.24, 2.45) is 5.92 Å². The number of hydrogen-bond donors (Lipinski definition) is 2. The number of aryl methyl sites for hydroxylation is 1. The summed E-state index contributed by atoms with van der Waals surface area (Å²) in [7, 11) is 0. The highest BCUT2D eigenvalue weighted by molar-refractivity contribution is 7.11. The molecule has 0 radical (unpaired) electrons. The van der Waals surface area contributed by atoms with Crippen molar-refractivity contribution in [1.82, 2.24) is 15.2 Å². The molecule has 33 heavy (non-hydrogen) atoms. The molecule has 0 amide bonds. The number of likely N-dealkylation sites (N-methyl/N-ethyl adjacent to an activating group) is 2. The minimum absolute atomic E-state index is 0.201. The van der Waals surface area contributed by atoms with E-state index in [2.05, 4.69) is 54.4 Å². The zero-order chi connectivity index (χ0) is 23.6. The number of rotatable bonds is 11. The summed E-state index contributed by atoms with van der Waals surface area (Å²) < 4.78 is 13.5. The normalized spacial score (nSPS) is 16.4. The van der Waals surface area contributed by atoms with Gasteiger partial charge in [-0.25, -0.2) is 9.37 Å². The molecular weight excluding hydrogens is 431 g/mol. The van der Waals surface area contributed by atoms with Crippen LogP contribution in [0.5, 0.6) is 0 Å². The van der Waals surface area contributed by atoms with E-state index in [9.17, 15) is 4.39 Å². The van der Waals surface area contributed by atoms with Crippen LogP contribution in [-0.4, -0.2) is 41.4 Å². The van der Waals surface area contributed by atoms with E-state index in [0.29, 0.717) is 5.84 Å². The average molecular weight is 467 g/mol. The maximum atomic E-state index is 13.5. The van der Waals surface area contributed by atoms with Crippen LogP contribution in [0, 0.1) is 18.3 Å². The maximum absolute atomic E-state index is 13.5. The number of hydrogen-bond acceptors (Lipinski definition) is 4. The summed E-state index contributed by atoms with van der Waals surface area (Å²) in [5.41, 5.74) is 2.04. The molecule has 2 aromatic rings. The summed E-state index contributed by atoms with van der Waals surface area (Å²) in [5, 5.41) is 13.6.